The minimum atomic E-state index is -4.68. The van der Waals surface area contributed by atoms with Crippen molar-refractivity contribution < 1.29 is 22.8 Å². The summed E-state index contributed by atoms with van der Waals surface area (Å²) in [5, 5.41) is 12.3. The maximum Gasteiger partial charge on any atom is 0.418 e. The number of rotatable bonds is 5. The molecule has 0 radical (unpaired) electrons. The third kappa shape index (κ3) is 4.73. The number of amides is 1. The van der Waals surface area contributed by atoms with Crippen molar-refractivity contribution in [3.8, 4) is 6.07 Å². The van der Waals surface area contributed by atoms with Gasteiger partial charge in [-0.1, -0.05) is 17.3 Å². The highest BCUT2D eigenvalue weighted by Crippen LogP contribution is 2.35. The molecule has 0 aliphatic carbocycles. The Hall–Kier alpha value is -3.54. The Morgan fingerprint density at radius 3 is 2.50 bits per heavy atom. The molecule has 0 atom stereocenters. The molecule has 26 heavy (non-hydrogen) atoms. The Morgan fingerprint density at radius 2 is 1.92 bits per heavy atom. The van der Waals surface area contributed by atoms with Crippen LogP contribution in [-0.2, 0) is 11.0 Å². The molecule has 2 aromatic carbocycles. The van der Waals surface area contributed by atoms with Crippen molar-refractivity contribution in [3.63, 3.8) is 0 Å². The van der Waals surface area contributed by atoms with Gasteiger partial charge >= 0.3 is 6.18 Å². The van der Waals surface area contributed by atoms with Crippen molar-refractivity contribution in [2.24, 2.45) is 5.16 Å². The molecule has 0 bridgehead atoms. The van der Waals surface area contributed by atoms with Gasteiger partial charge in [0.2, 0.25) is 0 Å². The minimum Gasteiger partial charge on any atom is -0.399 e. The van der Waals surface area contributed by atoms with Gasteiger partial charge in [0.05, 0.1) is 29.1 Å². The molecule has 0 unspecified atom stereocenters. The van der Waals surface area contributed by atoms with Gasteiger partial charge in [-0.2, -0.15) is 18.4 Å². The lowest BCUT2D eigenvalue weighted by molar-refractivity contribution is -0.137. The van der Waals surface area contributed by atoms with E-state index >= 15 is 0 Å². The topological polar surface area (TPSA) is 86.5 Å². The number of alkyl halides is 3. The van der Waals surface area contributed by atoms with Gasteiger partial charge in [0.15, 0.2) is 0 Å². The third-order valence-electron chi connectivity index (χ3n) is 3.24. The van der Waals surface area contributed by atoms with E-state index in [1.54, 1.807) is 18.2 Å². The summed E-state index contributed by atoms with van der Waals surface area (Å²) in [5.74, 6) is -0.627. The van der Waals surface area contributed by atoms with E-state index in [9.17, 15) is 18.0 Å². The Bertz CT molecular complexity index is 856. The largest absolute Gasteiger partial charge is 0.418 e. The number of nitriles is 1. The van der Waals surface area contributed by atoms with E-state index in [0.717, 1.165) is 6.07 Å². The van der Waals surface area contributed by atoms with E-state index in [0.29, 0.717) is 11.6 Å². The van der Waals surface area contributed by atoms with Gasteiger partial charge in [-0.3, -0.25) is 15.6 Å². The fourth-order valence-corrected chi connectivity index (χ4v) is 1.99. The Balaban J connectivity index is 2.12. The fraction of sp³-hybridized carbons (Fsp3) is 0.118. The molecule has 1 amide bonds. The highest BCUT2D eigenvalue weighted by Gasteiger charge is 2.34. The summed E-state index contributed by atoms with van der Waals surface area (Å²) in [6.45, 7) is 0. The molecule has 0 heterocycles. The lowest BCUT2D eigenvalue weighted by atomic mass is 10.1. The van der Waals surface area contributed by atoms with Crippen molar-refractivity contribution in [3.05, 3.63) is 64.7 Å². The number of nitrogens with one attached hydrogen (secondary N) is 2. The summed E-state index contributed by atoms with van der Waals surface area (Å²) in [4.78, 5) is 16.6. The Kier molecular flexibility index (Phi) is 5.80. The van der Waals surface area contributed by atoms with Crippen molar-refractivity contribution in [1.82, 2.24) is 5.43 Å². The standard InChI is InChI=1S/C17H13F3N4O2/c1-26-22-10-11-2-5-13(6-3-11)16(25)24-23-15-7-4-12(9-21)8-14(15)17(18,19)20/h2-8,10,23H,1H3,(H,24,25)/b22-10+. The van der Waals surface area contributed by atoms with Crippen LogP contribution in [0.1, 0.15) is 27.0 Å². The van der Waals surface area contributed by atoms with E-state index in [-0.39, 0.29) is 16.8 Å². The number of nitrogens with zero attached hydrogens (tertiary/aromatic N) is 2. The van der Waals surface area contributed by atoms with Crippen LogP contribution < -0.4 is 10.9 Å². The molecule has 0 saturated carbocycles. The lowest BCUT2D eigenvalue weighted by Gasteiger charge is -2.15. The second-order valence-electron chi connectivity index (χ2n) is 4.99. The Morgan fingerprint density at radius 1 is 1.23 bits per heavy atom. The van der Waals surface area contributed by atoms with Crippen molar-refractivity contribution in [2.45, 2.75) is 6.18 Å². The normalized spacial score (nSPS) is 11.0. The maximum absolute atomic E-state index is 13.1. The first kappa shape index (κ1) is 18.8. The number of hydrazine groups is 1. The zero-order valence-electron chi connectivity index (χ0n) is 13.5. The van der Waals surface area contributed by atoms with Crippen LogP contribution in [0.3, 0.4) is 0 Å². The number of halogens is 3. The van der Waals surface area contributed by atoms with E-state index in [1.807, 2.05) is 0 Å². The van der Waals surface area contributed by atoms with Gasteiger partial charge in [0.1, 0.15) is 7.11 Å². The quantitative estimate of drug-likeness (QED) is 0.631. The number of hydrogen-bond donors (Lipinski definition) is 2. The monoisotopic (exact) mass is 362 g/mol. The molecule has 2 aromatic rings. The highest BCUT2D eigenvalue weighted by molar-refractivity contribution is 5.95. The molecule has 0 aromatic heterocycles. The van der Waals surface area contributed by atoms with Gasteiger partial charge in [0, 0.05) is 5.56 Å². The molecule has 2 rings (SSSR count). The van der Waals surface area contributed by atoms with E-state index in [4.69, 9.17) is 5.26 Å². The van der Waals surface area contributed by atoms with E-state index in [1.165, 1.54) is 31.5 Å². The number of hydrogen-bond acceptors (Lipinski definition) is 5. The second kappa shape index (κ2) is 8.02. The maximum atomic E-state index is 13.1. The molecule has 0 fully saturated rings. The predicted octanol–water partition coefficient (Wildman–Crippen LogP) is 3.31. The minimum absolute atomic E-state index is 0.137. The fourth-order valence-electron chi connectivity index (χ4n) is 1.99. The number of carbonyl (C=O) groups excluding carboxylic acids is 1. The van der Waals surface area contributed by atoms with Crippen molar-refractivity contribution >= 4 is 17.8 Å². The van der Waals surface area contributed by atoms with Crippen LogP contribution in [0.4, 0.5) is 18.9 Å². The first-order chi connectivity index (χ1) is 12.3. The van der Waals surface area contributed by atoms with Crippen LogP contribution in [0.2, 0.25) is 0 Å². The first-order valence-electron chi connectivity index (χ1n) is 7.19. The average molecular weight is 362 g/mol. The predicted molar refractivity (Wildman–Crippen MR) is 88.3 cm³/mol. The van der Waals surface area contributed by atoms with Crippen LogP contribution >= 0.6 is 0 Å². The summed E-state index contributed by atoms with van der Waals surface area (Å²) >= 11 is 0. The first-order valence-corrected chi connectivity index (χ1v) is 7.19. The van der Waals surface area contributed by atoms with E-state index < -0.39 is 17.6 Å². The summed E-state index contributed by atoms with van der Waals surface area (Å²) in [6.07, 6.45) is -3.24. The number of anilines is 1. The van der Waals surface area contributed by atoms with Gasteiger partial charge in [-0.25, -0.2) is 0 Å². The molecule has 0 saturated heterocycles. The van der Waals surface area contributed by atoms with Crippen LogP contribution in [0.25, 0.3) is 0 Å². The SMILES string of the molecule is CO/N=C/c1ccc(C(=O)NNc2ccc(C#N)cc2C(F)(F)F)cc1. The molecule has 6 nitrogen and oxygen atoms in total. The average Bonchev–Trinajstić information content (AvgIpc) is 2.64. The van der Waals surface area contributed by atoms with Gasteiger partial charge in [0.25, 0.3) is 5.91 Å². The third-order valence-corrected chi connectivity index (χ3v) is 3.24. The molecule has 134 valence electrons. The summed E-state index contributed by atoms with van der Waals surface area (Å²) in [5.41, 5.74) is 3.80. The number of benzene rings is 2. The molecule has 2 N–H and O–H groups in total. The molecule has 9 heteroatoms. The summed E-state index contributed by atoms with van der Waals surface area (Å²) < 4.78 is 39.2. The zero-order valence-corrected chi connectivity index (χ0v) is 13.5. The number of oxime groups is 1. The van der Waals surface area contributed by atoms with Crippen LogP contribution in [0.15, 0.2) is 47.6 Å². The smallest absolute Gasteiger partial charge is 0.399 e. The van der Waals surface area contributed by atoms with E-state index in [2.05, 4.69) is 20.8 Å². The summed E-state index contributed by atoms with van der Waals surface area (Å²) in [6, 6.07) is 10.8. The highest BCUT2D eigenvalue weighted by atomic mass is 19.4. The second-order valence-corrected chi connectivity index (χ2v) is 4.99. The van der Waals surface area contributed by atoms with Crippen LogP contribution in [-0.4, -0.2) is 19.2 Å². The van der Waals surface area contributed by atoms with Gasteiger partial charge < -0.3 is 4.84 Å². The number of carbonyl (C=O) groups is 1. The van der Waals surface area contributed by atoms with Crippen molar-refractivity contribution in [1.29, 1.82) is 5.26 Å². The van der Waals surface area contributed by atoms with Crippen LogP contribution in [0.5, 0.6) is 0 Å². The summed E-state index contributed by atoms with van der Waals surface area (Å²) in [7, 11) is 1.39. The van der Waals surface area contributed by atoms with Crippen molar-refractivity contribution in [2.75, 3.05) is 12.5 Å². The molecular formula is C17H13F3N4O2. The molecular weight excluding hydrogens is 349 g/mol. The molecule has 0 aliphatic rings. The zero-order chi connectivity index (χ0) is 19.2. The van der Waals surface area contributed by atoms with Gasteiger partial charge in [-0.15, -0.1) is 0 Å². The lowest BCUT2D eigenvalue weighted by Crippen LogP contribution is -2.30. The molecule has 0 spiro atoms. The van der Waals surface area contributed by atoms with Crippen LogP contribution in [0, 0.1) is 11.3 Å². The molecule has 0 aliphatic heterocycles. The van der Waals surface area contributed by atoms with Gasteiger partial charge in [-0.05, 0) is 35.9 Å². The Labute approximate surface area is 146 Å².